The second-order valence-corrected chi connectivity index (χ2v) is 3.75. The lowest BCUT2D eigenvalue weighted by molar-refractivity contribution is 0.813. The monoisotopic (exact) mass is 156 g/mol. The molecule has 0 saturated carbocycles. The lowest BCUT2D eigenvalue weighted by atomic mass is 9.94. The minimum Gasteiger partial charge on any atom is -0.0726 e. The molecule has 0 unspecified atom stereocenters. The molecule has 0 amide bonds. The van der Waals surface area contributed by atoms with E-state index in [9.17, 15) is 0 Å². The van der Waals surface area contributed by atoms with Gasteiger partial charge >= 0.3 is 0 Å². The summed E-state index contributed by atoms with van der Waals surface area (Å²) in [4.78, 5) is 0. The summed E-state index contributed by atoms with van der Waals surface area (Å²) < 4.78 is 0. The smallest absolute Gasteiger partial charge is 0.0120 e. The van der Waals surface area contributed by atoms with Gasteiger partial charge in [-0.2, -0.15) is 0 Å². The average molecular weight is 156 g/mol. The zero-order valence-electron chi connectivity index (χ0n) is 7.14. The van der Waals surface area contributed by atoms with Crippen LogP contribution in [0.1, 0.15) is 24.8 Å². The number of hydrogen-bond donors (Lipinski definition) is 0. The van der Waals surface area contributed by atoms with Crippen LogP contribution in [0.4, 0.5) is 0 Å². The highest BCUT2D eigenvalue weighted by molar-refractivity contribution is 5.61. The van der Waals surface area contributed by atoms with Gasteiger partial charge in [0.2, 0.25) is 0 Å². The third-order valence-corrected chi connectivity index (χ3v) is 3.03. The van der Waals surface area contributed by atoms with Crippen molar-refractivity contribution in [3.63, 3.8) is 0 Å². The maximum atomic E-state index is 2.37. The third kappa shape index (κ3) is 0.726. The van der Waals surface area contributed by atoms with Crippen molar-refractivity contribution in [1.82, 2.24) is 0 Å². The molecule has 60 valence electrons. The van der Waals surface area contributed by atoms with E-state index in [0.717, 1.165) is 0 Å². The molecule has 0 fully saturated rings. The van der Waals surface area contributed by atoms with Crippen LogP contribution in [0.25, 0.3) is 11.6 Å². The Morgan fingerprint density at radius 3 is 3.08 bits per heavy atom. The summed E-state index contributed by atoms with van der Waals surface area (Å²) >= 11 is 0. The lowest BCUT2D eigenvalue weighted by Gasteiger charge is -2.11. The van der Waals surface area contributed by atoms with Gasteiger partial charge in [-0.3, -0.25) is 0 Å². The molecule has 0 heterocycles. The average Bonchev–Trinajstić information content (AvgIpc) is 2.52. The van der Waals surface area contributed by atoms with Crippen LogP contribution in [0.2, 0.25) is 0 Å². The quantitative estimate of drug-likeness (QED) is 0.532. The van der Waals surface area contributed by atoms with E-state index in [1.165, 1.54) is 30.9 Å². The SMILES string of the molecule is C1=c2cccc3c2=C(C1)CCC3. The van der Waals surface area contributed by atoms with Crippen LogP contribution >= 0.6 is 0 Å². The first-order chi connectivity index (χ1) is 5.95. The maximum Gasteiger partial charge on any atom is -0.0120 e. The van der Waals surface area contributed by atoms with E-state index in [2.05, 4.69) is 24.3 Å². The van der Waals surface area contributed by atoms with Crippen molar-refractivity contribution < 1.29 is 0 Å². The Hall–Kier alpha value is -1.04. The third-order valence-electron chi connectivity index (χ3n) is 3.03. The van der Waals surface area contributed by atoms with Gasteiger partial charge in [0.15, 0.2) is 0 Å². The molecule has 0 aromatic heterocycles. The van der Waals surface area contributed by atoms with E-state index in [1.807, 2.05) is 0 Å². The largest absolute Gasteiger partial charge is 0.0726 e. The van der Waals surface area contributed by atoms with Crippen molar-refractivity contribution in [3.8, 4) is 0 Å². The van der Waals surface area contributed by atoms with Crippen LogP contribution in [0.5, 0.6) is 0 Å². The Morgan fingerprint density at radius 2 is 2.08 bits per heavy atom. The molecular formula is C12H12. The molecule has 12 heavy (non-hydrogen) atoms. The highest BCUT2D eigenvalue weighted by atomic mass is 14.2. The second kappa shape index (κ2) is 2.22. The molecule has 0 heteroatoms. The number of hydrogen-bond acceptors (Lipinski definition) is 0. The molecule has 1 aromatic rings. The summed E-state index contributed by atoms with van der Waals surface area (Å²) in [5.41, 5.74) is 3.27. The Bertz CT molecular complexity index is 438. The Labute approximate surface area is 72.2 Å². The zero-order valence-corrected chi connectivity index (χ0v) is 7.14. The molecule has 2 aliphatic rings. The Kier molecular flexibility index (Phi) is 1.20. The molecule has 3 rings (SSSR count). The summed E-state index contributed by atoms with van der Waals surface area (Å²) in [6.07, 6.45) is 7.58. The molecule has 0 N–H and O–H groups in total. The van der Waals surface area contributed by atoms with Crippen LogP contribution in [-0.4, -0.2) is 0 Å². The normalized spacial score (nSPS) is 18.8. The van der Waals surface area contributed by atoms with E-state index in [-0.39, 0.29) is 0 Å². The predicted molar refractivity (Wildman–Crippen MR) is 51.1 cm³/mol. The minimum absolute atomic E-state index is 1.21. The molecule has 0 nitrogen and oxygen atoms in total. The fourth-order valence-corrected chi connectivity index (χ4v) is 2.48. The number of rotatable bonds is 0. The van der Waals surface area contributed by atoms with Gasteiger partial charge in [0, 0.05) is 0 Å². The highest BCUT2D eigenvalue weighted by Gasteiger charge is 2.12. The van der Waals surface area contributed by atoms with Gasteiger partial charge in [-0.05, 0) is 41.7 Å². The minimum atomic E-state index is 1.21. The highest BCUT2D eigenvalue weighted by Crippen LogP contribution is 2.19. The van der Waals surface area contributed by atoms with Gasteiger partial charge in [-0.25, -0.2) is 0 Å². The molecular weight excluding hydrogens is 144 g/mol. The van der Waals surface area contributed by atoms with Crippen molar-refractivity contribution in [3.05, 3.63) is 34.2 Å². The van der Waals surface area contributed by atoms with Gasteiger partial charge in [-0.15, -0.1) is 0 Å². The summed E-state index contributed by atoms with van der Waals surface area (Å²) in [5.74, 6) is 0. The lowest BCUT2D eigenvalue weighted by Crippen LogP contribution is -2.29. The number of aryl methyl sites for hydroxylation is 1. The topological polar surface area (TPSA) is 0 Å². The van der Waals surface area contributed by atoms with Gasteiger partial charge in [-0.1, -0.05) is 29.8 Å². The molecule has 0 spiro atoms. The summed E-state index contributed by atoms with van der Waals surface area (Å²) in [6.45, 7) is 0. The first-order valence-corrected chi connectivity index (χ1v) is 4.75. The molecule has 0 aliphatic heterocycles. The van der Waals surface area contributed by atoms with E-state index >= 15 is 0 Å². The van der Waals surface area contributed by atoms with Crippen LogP contribution < -0.4 is 10.4 Å². The van der Waals surface area contributed by atoms with E-state index < -0.39 is 0 Å². The first kappa shape index (κ1) is 6.47. The van der Waals surface area contributed by atoms with Crippen molar-refractivity contribution in [2.75, 3.05) is 0 Å². The van der Waals surface area contributed by atoms with Crippen molar-refractivity contribution >= 4 is 11.6 Å². The van der Waals surface area contributed by atoms with Crippen molar-refractivity contribution in [2.45, 2.75) is 25.7 Å². The van der Waals surface area contributed by atoms with Gasteiger partial charge in [0.25, 0.3) is 0 Å². The molecule has 0 radical (unpaired) electrons. The molecule has 2 aliphatic carbocycles. The van der Waals surface area contributed by atoms with Crippen LogP contribution in [0.3, 0.4) is 0 Å². The molecule has 0 bridgehead atoms. The van der Waals surface area contributed by atoms with Gasteiger partial charge < -0.3 is 0 Å². The van der Waals surface area contributed by atoms with E-state index in [4.69, 9.17) is 0 Å². The van der Waals surface area contributed by atoms with Gasteiger partial charge in [0.1, 0.15) is 0 Å². The first-order valence-electron chi connectivity index (χ1n) is 4.75. The summed E-state index contributed by atoms with van der Waals surface area (Å²) in [5, 5.41) is 3.09. The van der Waals surface area contributed by atoms with Crippen molar-refractivity contribution in [1.29, 1.82) is 0 Å². The van der Waals surface area contributed by atoms with Crippen molar-refractivity contribution in [2.24, 2.45) is 0 Å². The Morgan fingerprint density at radius 1 is 1.08 bits per heavy atom. The molecule has 1 aromatic carbocycles. The Balaban J connectivity index is 2.52. The fourth-order valence-electron chi connectivity index (χ4n) is 2.48. The number of benzene rings is 1. The molecule has 0 saturated heterocycles. The van der Waals surface area contributed by atoms with Crippen LogP contribution in [-0.2, 0) is 6.42 Å². The zero-order chi connectivity index (χ0) is 7.97. The predicted octanol–water partition coefficient (Wildman–Crippen LogP) is 1.36. The van der Waals surface area contributed by atoms with Crippen LogP contribution in [0, 0.1) is 0 Å². The summed E-state index contributed by atoms with van der Waals surface area (Å²) in [6, 6.07) is 6.73. The van der Waals surface area contributed by atoms with E-state index in [0.29, 0.717) is 0 Å². The maximum absolute atomic E-state index is 2.37. The van der Waals surface area contributed by atoms with Gasteiger partial charge in [0.05, 0.1) is 0 Å². The molecule has 0 atom stereocenters. The second-order valence-electron chi connectivity index (χ2n) is 3.75. The standard InChI is InChI=1S/C12H12/c1-3-9-4-2-6-11-8-7-10(5-1)12(9)11/h1,3,5,7H,2,4,6,8H2. The summed E-state index contributed by atoms with van der Waals surface area (Å²) in [7, 11) is 0. The fraction of sp³-hybridized carbons (Fsp3) is 0.333. The van der Waals surface area contributed by atoms with E-state index in [1.54, 1.807) is 16.4 Å². The van der Waals surface area contributed by atoms with Crippen LogP contribution in [0.15, 0.2) is 18.2 Å².